The third kappa shape index (κ3) is 5.15. The summed E-state index contributed by atoms with van der Waals surface area (Å²) >= 11 is 0. The molecule has 1 aliphatic heterocycles. The van der Waals surface area contributed by atoms with Crippen molar-refractivity contribution in [3.63, 3.8) is 0 Å². The van der Waals surface area contributed by atoms with Gasteiger partial charge in [0.2, 0.25) is 0 Å². The van der Waals surface area contributed by atoms with Gasteiger partial charge in [0.15, 0.2) is 0 Å². The second kappa shape index (κ2) is 8.97. The van der Waals surface area contributed by atoms with E-state index in [9.17, 15) is 4.79 Å². The molecule has 1 fully saturated rings. The van der Waals surface area contributed by atoms with Crippen LogP contribution in [0.3, 0.4) is 0 Å². The van der Waals surface area contributed by atoms with Crippen molar-refractivity contribution in [3.8, 4) is 0 Å². The lowest BCUT2D eigenvalue weighted by Gasteiger charge is -2.17. The molecule has 1 unspecified atom stereocenters. The molecule has 0 saturated heterocycles. The van der Waals surface area contributed by atoms with Crippen LogP contribution in [-0.4, -0.2) is 12.1 Å². The van der Waals surface area contributed by atoms with Crippen LogP contribution in [-0.2, 0) is 9.53 Å². The van der Waals surface area contributed by atoms with Crippen LogP contribution in [0.1, 0.15) is 77.6 Å². The van der Waals surface area contributed by atoms with Crippen LogP contribution in [0.2, 0.25) is 0 Å². The molecule has 2 aliphatic rings. The zero-order valence-electron chi connectivity index (χ0n) is 14.0. The third-order valence-corrected chi connectivity index (χ3v) is 4.69. The molecule has 0 aromatic rings. The van der Waals surface area contributed by atoms with E-state index in [2.05, 4.69) is 19.6 Å². The normalized spacial score (nSPS) is 21.5. The molecule has 0 spiro atoms. The van der Waals surface area contributed by atoms with Crippen LogP contribution in [0, 0.1) is 0 Å². The van der Waals surface area contributed by atoms with E-state index in [1.165, 1.54) is 63.4 Å². The van der Waals surface area contributed by atoms with Crippen molar-refractivity contribution in [3.05, 3.63) is 35.5 Å². The molecule has 1 heterocycles. The number of esters is 1. The highest BCUT2D eigenvalue weighted by atomic mass is 16.5. The van der Waals surface area contributed by atoms with Gasteiger partial charge >= 0.3 is 5.97 Å². The maximum Gasteiger partial charge on any atom is 0.331 e. The summed E-state index contributed by atoms with van der Waals surface area (Å²) in [5.41, 5.74) is 3.48. The highest BCUT2D eigenvalue weighted by Gasteiger charge is 2.26. The van der Waals surface area contributed by atoms with Gasteiger partial charge in [0.1, 0.15) is 6.10 Å². The topological polar surface area (TPSA) is 26.3 Å². The van der Waals surface area contributed by atoms with Gasteiger partial charge in [-0.05, 0) is 44.1 Å². The number of ether oxygens (including phenoxy) is 1. The summed E-state index contributed by atoms with van der Waals surface area (Å²) in [6, 6.07) is 0. The van der Waals surface area contributed by atoms with E-state index < -0.39 is 0 Å². The number of hydrogen-bond acceptors (Lipinski definition) is 2. The van der Waals surface area contributed by atoms with Gasteiger partial charge in [-0.3, -0.25) is 0 Å². The fourth-order valence-electron chi connectivity index (χ4n) is 3.38. The Balaban J connectivity index is 1.87. The maximum atomic E-state index is 11.6. The van der Waals surface area contributed by atoms with Gasteiger partial charge in [-0.25, -0.2) is 4.79 Å². The maximum absolute atomic E-state index is 11.6. The summed E-state index contributed by atoms with van der Waals surface area (Å²) in [5.74, 6) is -0.197. The Hall–Kier alpha value is -1.31. The molecule has 1 aliphatic carbocycles. The standard InChI is InChI=1S/C20H30O2/c1-3-4-5-6-10-13-19-18(15-20(21)22-19)16(2)14-17-11-8-7-9-12-17/h14-15,19H,2-13H2,1H3. The number of rotatable bonds is 8. The first-order valence-corrected chi connectivity index (χ1v) is 9.01. The average Bonchev–Trinajstić information content (AvgIpc) is 2.89. The SMILES string of the molecule is C=C(C=C1CCCCC1)C1=CC(=O)OC1CCCCCCC. The van der Waals surface area contributed by atoms with Crippen LogP contribution in [0.4, 0.5) is 0 Å². The van der Waals surface area contributed by atoms with E-state index in [0.29, 0.717) is 0 Å². The number of carbonyl (C=O) groups is 1. The van der Waals surface area contributed by atoms with Crippen molar-refractivity contribution in [2.75, 3.05) is 0 Å². The van der Waals surface area contributed by atoms with Crippen LogP contribution < -0.4 is 0 Å². The second-order valence-electron chi connectivity index (χ2n) is 6.62. The number of allylic oxidation sites excluding steroid dienone is 2. The van der Waals surface area contributed by atoms with Gasteiger partial charge in [0.25, 0.3) is 0 Å². The zero-order chi connectivity index (χ0) is 15.8. The minimum absolute atomic E-state index is 0.0675. The minimum Gasteiger partial charge on any atom is -0.454 e. The average molecular weight is 302 g/mol. The van der Waals surface area contributed by atoms with Crippen LogP contribution in [0.25, 0.3) is 0 Å². The van der Waals surface area contributed by atoms with Crippen molar-refractivity contribution in [2.45, 2.75) is 83.7 Å². The van der Waals surface area contributed by atoms with E-state index in [0.717, 1.165) is 24.0 Å². The largest absolute Gasteiger partial charge is 0.454 e. The molecule has 1 atom stereocenters. The number of carbonyl (C=O) groups excluding carboxylic acids is 1. The van der Waals surface area contributed by atoms with Gasteiger partial charge in [0.05, 0.1) is 0 Å². The number of hydrogen-bond donors (Lipinski definition) is 0. The first kappa shape index (κ1) is 17.1. The van der Waals surface area contributed by atoms with Crippen molar-refractivity contribution < 1.29 is 9.53 Å². The van der Waals surface area contributed by atoms with Crippen LogP contribution >= 0.6 is 0 Å². The molecule has 0 amide bonds. The number of cyclic esters (lactones) is 1. The highest BCUT2D eigenvalue weighted by molar-refractivity contribution is 5.87. The predicted molar refractivity (Wildman–Crippen MR) is 91.6 cm³/mol. The monoisotopic (exact) mass is 302 g/mol. The zero-order valence-corrected chi connectivity index (χ0v) is 14.0. The Kier molecular flexibility index (Phi) is 6.95. The van der Waals surface area contributed by atoms with E-state index >= 15 is 0 Å². The summed E-state index contributed by atoms with van der Waals surface area (Å²) in [7, 11) is 0. The molecule has 0 radical (unpaired) electrons. The summed E-state index contributed by atoms with van der Waals surface area (Å²) in [6.07, 6.45) is 17.2. The molecule has 2 rings (SSSR count). The molecule has 0 aromatic heterocycles. The van der Waals surface area contributed by atoms with Gasteiger partial charge in [-0.1, -0.05) is 57.3 Å². The lowest BCUT2D eigenvalue weighted by molar-refractivity contribution is -0.138. The Bertz CT molecular complexity index is 448. The molecular weight excluding hydrogens is 272 g/mol. The van der Waals surface area contributed by atoms with Gasteiger partial charge in [-0.2, -0.15) is 0 Å². The van der Waals surface area contributed by atoms with Crippen molar-refractivity contribution in [1.82, 2.24) is 0 Å². The van der Waals surface area contributed by atoms with Crippen LogP contribution in [0.5, 0.6) is 0 Å². The Morgan fingerprint density at radius 3 is 2.68 bits per heavy atom. The van der Waals surface area contributed by atoms with E-state index in [1.807, 2.05) is 0 Å². The summed E-state index contributed by atoms with van der Waals surface area (Å²) in [4.78, 5) is 11.6. The van der Waals surface area contributed by atoms with E-state index in [-0.39, 0.29) is 12.1 Å². The van der Waals surface area contributed by atoms with Crippen LogP contribution in [0.15, 0.2) is 35.5 Å². The fraction of sp³-hybridized carbons (Fsp3) is 0.650. The quantitative estimate of drug-likeness (QED) is 0.428. The molecule has 2 nitrogen and oxygen atoms in total. The Morgan fingerprint density at radius 1 is 1.23 bits per heavy atom. The molecule has 0 N–H and O–H groups in total. The molecule has 0 aromatic carbocycles. The summed E-state index contributed by atoms with van der Waals surface area (Å²) in [6.45, 7) is 6.42. The minimum atomic E-state index is -0.197. The molecule has 2 heteroatoms. The van der Waals surface area contributed by atoms with E-state index in [4.69, 9.17) is 4.74 Å². The molecule has 122 valence electrons. The van der Waals surface area contributed by atoms with Crippen molar-refractivity contribution in [2.24, 2.45) is 0 Å². The third-order valence-electron chi connectivity index (χ3n) is 4.69. The van der Waals surface area contributed by atoms with Gasteiger partial charge < -0.3 is 4.74 Å². The van der Waals surface area contributed by atoms with Crippen molar-refractivity contribution in [1.29, 1.82) is 0 Å². The molecule has 22 heavy (non-hydrogen) atoms. The fourth-order valence-corrected chi connectivity index (χ4v) is 3.38. The molecule has 0 bridgehead atoms. The molecule has 1 saturated carbocycles. The smallest absolute Gasteiger partial charge is 0.331 e. The second-order valence-corrected chi connectivity index (χ2v) is 6.62. The van der Waals surface area contributed by atoms with Gasteiger partial charge in [-0.15, -0.1) is 0 Å². The van der Waals surface area contributed by atoms with E-state index in [1.54, 1.807) is 6.08 Å². The highest BCUT2D eigenvalue weighted by Crippen LogP contribution is 2.30. The first-order valence-electron chi connectivity index (χ1n) is 9.01. The Labute approximate surface area is 135 Å². The lowest BCUT2D eigenvalue weighted by atomic mass is 9.90. The first-order chi connectivity index (χ1) is 10.7. The van der Waals surface area contributed by atoms with Gasteiger partial charge in [0, 0.05) is 11.6 Å². The Morgan fingerprint density at radius 2 is 1.95 bits per heavy atom. The predicted octanol–water partition coefficient (Wildman–Crippen LogP) is 5.65. The molecular formula is C20H30O2. The summed E-state index contributed by atoms with van der Waals surface area (Å²) < 4.78 is 5.47. The summed E-state index contributed by atoms with van der Waals surface area (Å²) in [5, 5.41) is 0. The van der Waals surface area contributed by atoms with Crippen molar-refractivity contribution >= 4 is 5.97 Å². The lowest BCUT2D eigenvalue weighted by Crippen LogP contribution is -2.12. The number of unbranched alkanes of at least 4 members (excludes halogenated alkanes) is 4.